The van der Waals surface area contributed by atoms with Crippen LogP contribution in [0.3, 0.4) is 0 Å². The number of nitrogens with one attached hydrogen (secondary N) is 3. The largest absolute Gasteiger partial charge is 0.481 e. The molecule has 2 aromatic carbocycles. The molecule has 3 amide bonds. The summed E-state index contributed by atoms with van der Waals surface area (Å²) < 4.78 is 4.76. The van der Waals surface area contributed by atoms with E-state index in [1.54, 1.807) is 36.4 Å². The number of rotatable bonds is 13. The van der Waals surface area contributed by atoms with Crippen LogP contribution in [-0.4, -0.2) is 54.7 Å². The van der Waals surface area contributed by atoms with Gasteiger partial charge in [0.2, 0.25) is 5.91 Å². The number of carboxylic acids is 1. The van der Waals surface area contributed by atoms with Gasteiger partial charge in [-0.3, -0.25) is 9.59 Å². The van der Waals surface area contributed by atoms with Crippen LogP contribution in [0.15, 0.2) is 54.6 Å². The van der Waals surface area contributed by atoms with Gasteiger partial charge in [0.15, 0.2) is 0 Å². The molecule has 0 heterocycles. The second-order valence-electron chi connectivity index (χ2n) is 8.09. The van der Waals surface area contributed by atoms with Crippen LogP contribution in [-0.2, 0) is 32.0 Å². The molecule has 0 aliphatic heterocycles. The molecule has 0 bridgehead atoms. The Bertz CT molecular complexity index is 1070. The molecule has 0 radical (unpaired) electrons. The third kappa shape index (κ3) is 9.85. The van der Waals surface area contributed by atoms with Crippen molar-refractivity contribution in [1.82, 2.24) is 16.0 Å². The summed E-state index contributed by atoms with van der Waals surface area (Å²) in [6.45, 7) is 0.322. The van der Waals surface area contributed by atoms with Crippen molar-refractivity contribution < 1.29 is 29.0 Å². The highest BCUT2D eigenvalue weighted by molar-refractivity contribution is 5.92. The van der Waals surface area contributed by atoms with E-state index in [4.69, 9.17) is 10.00 Å². The van der Waals surface area contributed by atoms with Gasteiger partial charge in [0.1, 0.15) is 12.1 Å². The van der Waals surface area contributed by atoms with Crippen LogP contribution in [0.5, 0.6) is 0 Å². The fraction of sp³-hybridized carbons (Fsp3) is 0.346. The Balaban J connectivity index is 1.86. The van der Waals surface area contributed by atoms with Crippen molar-refractivity contribution >= 4 is 23.9 Å². The number of hydrogen-bond donors (Lipinski definition) is 4. The number of hydrogen-bond acceptors (Lipinski definition) is 6. The Morgan fingerprint density at radius 1 is 0.944 bits per heavy atom. The van der Waals surface area contributed by atoms with Gasteiger partial charge in [-0.1, -0.05) is 42.5 Å². The quantitative estimate of drug-likeness (QED) is 0.245. The summed E-state index contributed by atoms with van der Waals surface area (Å²) in [4.78, 5) is 48.5. The molecule has 2 atom stereocenters. The number of benzene rings is 2. The van der Waals surface area contributed by atoms with E-state index >= 15 is 0 Å². The van der Waals surface area contributed by atoms with Gasteiger partial charge in [0.05, 0.1) is 25.2 Å². The van der Waals surface area contributed by atoms with Crippen molar-refractivity contribution in [3.63, 3.8) is 0 Å². The summed E-state index contributed by atoms with van der Waals surface area (Å²) in [5, 5.41) is 25.5. The van der Waals surface area contributed by atoms with Crippen LogP contribution in [0.25, 0.3) is 0 Å². The van der Waals surface area contributed by atoms with E-state index in [-0.39, 0.29) is 6.42 Å². The Hall–Kier alpha value is -4.39. The van der Waals surface area contributed by atoms with Crippen LogP contribution in [0.4, 0.5) is 4.79 Å². The molecule has 10 heteroatoms. The molecule has 0 aliphatic carbocycles. The first kappa shape index (κ1) is 27.9. The molecule has 0 saturated heterocycles. The Labute approximate surface area is 209 Å². The van der Waals surface area contributed by atoms with Crippen molar-refractivity contribution in [2.45, 2.75) is 44.2 Å². The number of methoxy groups -OCH3 is 1. The molecule has 36 heavy (non-hydrogen) atoms. The second kappa shape index (κ2) is 14.8. The average molecular weight is 495 g/mol. The second-order valence-corrected chi connectivity index (χ2v) is 8.09. The molecule has 0 spiro atoms. The molecule has 2 rings (SSSR count). The monoisotopic (exact) mass is 494 g/mol. The summed E-state index contributed by atoms with van der Waals surface area (Å²) in [6, 6.07) is 15.2. The summed E-state index contributed by atoms with van der Waals surface area (Å²) >= 11 is 0. The minimum absolute atomic E-state index is 0.143. The maximum atomic E-state index is 12.8. The molecule has 2 unspecified atom stereocenters. The first-order valence-corrected chi connectivity index (χ1v) is 11.5. The van der Waals surface area contributed by atoms with Crippen molar-refractivity contribution in [2.75, 3.05) is 13.7 Å². The third-order valence-electron chi connectivity index (χ3n) is 5.35. The number of aryl methyl sites for hydroxylation is 1. The van der Waals surface area contributed by atoms with Gasteiger partial charge in [0, 0.05) is 13.0 Å². The smallest absolute Gasteiger partial charge is 0.328 e. The number of carbonyl (C=O) groups is 4. The highest BCUT2D eigenvalue weighted by Gasteiger charge is 2.29. The molecule has 190 valence electrons. The van der Waals surface area contributed by atoms with Crippen molar-refractivity contribution in [3.05, 3.63) is 71.3 Å². The number of carboxylic acid groups (broad SMARTS) is 1. The molecule has 0 saturated carbocycles. The predicted octanol–water partition coefficient (Wildman–Crippen LogP) is 1.92. The van der Waals surface area contributed by atoms with Gasteiger partial charge < -0.3 is 25.8 Å². The number of aliphatic carboxylic acids is 1. The van der Waals surface area contributed by atoms with Gasteiger partial charge in [-0.2, -0.15) is 5.26 Å². The van der Waals surface area contributed by atoms with Crippen molar-refractivity contribution in [1.29, 1.82) is 5.26 Å². The maximum Gasteiger partial charge on any atom is 0.328 e. The molecule has 0 aromatic heterocycles. The van der Waals surface area contributed by atoms with E-state index in [2.05, 4.69) is 22.0 Å². The molecule has 0 fully saturated rings. The number of unbranched alkanes of at least 4 members (excludes halogenated alkanes) is 1. The zero-order valence-corrected chi connectivity index (χ0v) is 20.0. The Morgan fingerprint density at radius 2 is 1.64 bits per heavy atom. The van der Waals surface area contributed by atoms with Crippen LogP contribution in [0.2, 0.25) is 0 Å². The first-order valence-electron chi connectivity index (χ1n) is 11.5. The van der Waals surface area contributed by atoms with Crippen LogP contribution in [0.1, 0.15) is 36.0 Å². The fourth-order valence-corrected chi connectivity index (χ4v) is 3.45. The minimum atomic E-state index is -1.39. The van der Waals surface area contributed by atoms with Gasteiger partial charge in [-0.05, 0) is 42.5 Å². The standard InChI is InChI=1S/C26H30N4O6/c1-36-25(34)22(15-19-8-3-2-4-9-19)29-24(33)21(16-23(31)32)30-26(35)28-14-6-5-7-18-10-12-20(17-27)13-11-18/h2-4,8-13,21-22H,5-7,14-16H2,1H3,(H,29,33)(H,31,32)(H2,28,30,35). The average Bonchev–Trinajstić information content (AvgIpc) is 2.87. The van der Waals surface area contributed by atoms with Crippen LogP contribution >= 0.6 is 0 Å². The number of carbonyl (C=O) groups excluding carboxylic acids is 3. The van der Waals surface area contributed by atoms with Crippen LogP contribution < -0.4 is 16.0 Å². The van der Waals surface area contributed by atoms with Gasteiger partial charge in [-0.15, -0.1) is 0 Å². The van der Waals surface area contributed by atoms with E-state index in [1.165, 1.54) is 7.11 Å². The Morgan fingerprint density at radius 3 is 2.25 bits per heavy atom. The van der Waals surface area contributed by atoms with Crippen molar-refractivity contribution in [2.24, 2.45) is 0 Å². The highest BCUT2D eigenvalue weighted by atomic mass is 16.5. The number of esters is 1. The minimum Gasteiger partial charge on any atom is -0.481 e. The van der Waals surface area contributed by atoms with E-state index in [0.717, 1.165) is 24.0 Å². The maximum absolute atomic E-state index is 12.8. The van der Waals surface area contributed by atoms with Crippen molar-refractivity contribution in [3.8, 4) is 6.07 Å². The normalized spacial score (nSPS) is 11.9. The highest BCUT2D eigenvalue weighted by Crippen LogP contribution is 2.08. The molecular formula is C26H30N4O6. The molecule has 4 N–H and O–H groups in total. The van der Waals surface area contributed by atoms with Gasteiger partial charge in [0.25, 0.3) is 0 Å². The van der Waals surface area contributed by atoms with Gasteiger partial charge in [-0.25, -0.2) is 9.59 Å². The van der Waals surface area contributed by atoms with Gasteiger partial charge >= 0.3 is 18.0 Å². The summed E-state index contributed by atoms with van der Waals surface area (Å²) in [5.74, 6) is -2.77. The number of amides is 3. The lowest BCUT2D eigenvalue weighted by Gasteiger charge is -2.21. The number of ether oxygens (including phenoxy) is 1. The fourth-order valence-electron chi connectivity index (χ4n) is 3.45. The number of urea groups is 1. The van der Waals surface area contributed by atoms with E-state index in [1.807, 2.05) is 18.2 Å². The SMILES string of the molecule is COC(=O)C(Cc1ccccc1)NC(=O)C(CC(=O)O)NC(=O)NCCCCc1ccc(C#N)cc1. The lowest BCUT2D eigenvalue weighted by atomic mass is 10.1. The summed E-state index contributed by atoms with van der Waals surface area (Å²) in [5.41, 5.74) is 2.44. The molecule has 2 aromatic rings. The zero-order chi connectivity index (χ0) is 26.3. The molecule has 0 aliphatic rings. The number of nitriles is 1. The lowest BCUT2D eigenvalue weighted by molar-refractivity contribution is -0.145. The summed E-state index contributed by atoms with van der Waals surface area (Å²) in [6.07, 6.45) is 1.70. The van der Waals surface area contributed by atoms with E-state index in [9.17, 15) is 24.3 Å². The lowest BCUT2D eigenvalue weighted by Crippen LogP contribution is -2.54. The summed E-state index contributed by atoms with van der Waals surface area (Å²) in [7, 11) is 1.19. The van der Waals surface area contributed by atoms with Crippen LogP contribution in [0, 0.1) is 11.3 Å². The number of nitrogens with zero attached hydrogens (tertiary/aromatic N) is 1. The third-order valence-corrected chi connectivity index (χ3v) is 5.35. The zero-order valence-electron chi connectivity index (χ0n) is 20.0. The topological polar surface area (TPSA) is 158 Å². The van der Waals surface area contributed by atoms with E-state index < -0.39 is 42.4 Å². The Kier molecular flexibility index (Phi) is 11.4. The molecule has 10 nitrogen and oxygen atoms in total. The predicted molar refractivity (Wildman–Crippen MR) is 131 cm³/mol. The van der Waals surface area contributed by atoms with E-state index in [0.29, 0.717) is 18.5 Å². The first-order chi connectivity index (χ1) is 17.3. The molecular weight excluding hydrogens is 464 g/mol.